The Hall–Kier alpha value is -3.63. The molecule has 11 nitrogen and oxygen atoms in total. The minimum absolute atomic E-state index is 0.00492. The summed E-state index contributed by atoms with van der Waals surface area (Å²) >= 11 is 0. The van der Waals surface area contributed by atoms with Crippen molar-refractivity contribution in [1.82, 2.24) is 30.2 Å². The predicted molar refractivity (Wildman–Crippen MR) is 135 cm³/mol. The SMILES string of the molecule is CCNC(=O)C(C)(C)/C=C/n1ncc(C(=O)NC2C3CC4CC2CC(OC(N)=O)(C4)C3)c1-n1cccn1. The number of primary amides is 1. The van der Waals surface area contributed by atoms with Crippen LogP contribution in [0.4, 0.5) is 4.79 Å². The van der Waals surface area contributed by atoms with Crippen molar-refractivity contribution < 1.29 is 19.1 Å². The van der Waals surface area contributed by atoms with Crippen LogP contribution in [-0.2, 0) is 9.53 Å². The van der Waals surface area contributed by atoms with Gasteiger partial charge in [-0.15, -0.1) is 0 Å². The lowest BCUT2D eigenvalue weighted by atomic mass is 9.52. The molecular weight excluding hydrogens is 474 g/mol. The Morgan fingerprint density at radius 3 is 2.57 bits per heavy atom. The van der Waals surface area contributed by atoms with Gasteiger partial charge < -0.3 is 21.1 Å². The van der Waals surface area contributed by atoms with Crippen molar-refractivity contribution in [3.8, 4) is 5.82 Å². The number of ether oxygens (including phenoxy) is 1. The molecule has 2 unspecified atom stereocenters. The Morgan fingerprint density at radius 2 is 1.95 bits per heavy atom. The summed E-state index contributed by atoms with van der Waals surface area (Å²) in [5.41, 5.74) is 4.51. The smallest absolute Gasteiger partial charge is 0.405 e. The van der Waals surface area contributed by atoms with Gasteiger partial charge in [-0.3, -0.25) is 9.59 Å². The van der Waals surface area contributed by atoms with Gasteiger partial charge in [0.25, 0.3) is 5.91 Å². The molecule has 6 rings (SSSR count). The third-order valence-electron chi connectivity index (χ3n) is 8.12. The van der Waals surface area contributed by atoms with Crippen LogP contribution in [0.25, 0.3) is 12.0 Å². The average molecular weight is 510 g/mol. The standard InChI is InChI=1S/C26H35N7O4/c1-4-28-23(35)25(2,3)6-9-33-22(32-8-5-7-29-32)19(15-30-33)21(34)31-20-17-10-16-11-18(20)14-26(12-16,13-17)37-24(27)36/h5-9,15-18,20H,4,10-14H2,1-3H3,(H2,27,36)(H,28,35)(H,31,34)/b9-6+. The fourth-order valence-electron chi connectivity index (χ4n) is 6.72. The number of nitrogens with two attached hydrogens (primary N) is 1. The van der Waals surface area contributed by atoms with Crippen LogP contribution in [0.2, 0.25) is 0 Å². The highest BCUT2D eigenvalue weighted by molar-refractivity contribution is 5.97. The van der Waals surface area contributed by atoms with Crippen molar-refractivity contribution in [2.75, 3.05) is 6.54 Å². The number of hydrogen-bond donors (Lipinski definition) is 3. The fraction of sp³-hybridized carbons (Fsp3) is 0.577. The molecule has 0 saturated heterocycles. The first-order valence-corrected chi connectivity index (χ1v) is 13.0. The maximum atomic E-state index is 13.6. The number of hydrogen-bond acceptors (Lipinski definition) is 6. The second-order valence-corrected chi connectivity index (χ2v) is 11.2. The molecule has 0 aromatic carbocycles. The number of aromatic nitrogens is 4. The lowest BCUT2D eigenvalue weighted by molar-refractivity contribution is -0.137. The van der Waals surface area contributed by atoms with E-state index in [1.54, 1.807) is 40.1 Å². The monoisotopic (exact) mass is 509 g/mol. The molecule has 4 fully saturated rings. The quantitative estimate of drug-likeness (QED) is 0.498. The van der Waals surface area contributed by atoms with Gasteiger partial charge in [-0.1, -0.05) is 6.08 Å². The molecule has 3 amide bonds. The molecule has 0 radical (unpaired) electrons. The molecule has 4 aliphatic carbocycles. The Balaban J connectivity index is 1.38. The van der Waals surface area contributed by atoms with Crippen LogP contribution >= 0.6 is 0 Å². The minimum Gasteiger partial charge on any atom is -0.443 e. The molecule has 37 heavy (non-hydrogen) atoms. The molecule has 2 atom stereocenters. The summed E-state index contributed by atoms with van der Waals surface area (Å²) in [6.45, 7) is 6.06. The first-order chi connectivity index (χ1) is 17.6. The molecule has 11 heteroatoms. The molecule has 0 aliphatic heterocycles. The Morgan fingerprint density at radius 1 is 1.22 bits per heavy atom. The van der Waals surface area contributed by atoms with Gasteiger partial charge in [0.05, 0.1) is 11.6 Å². The van der Waals surface area contributed by atoms with E-state index in [0.29, 0.717) is 23.8 Å². The number of carbonyl (C=O) groups is 3. The first kappa shape index (κ1) is 25.0. The largest absolute Gasteiger partial charge is 0.443 e. The topological polar surface area (TPSA) is 146 Å². The van der Waals surface area contributed by atoms with Crippen LogP contribution < -0.4 is 16.4 Å². The highest BCUT2D eigenvalue weighted by atomic mass is 16.6. The van der Waals surface area contributed by atoms with Gasteiger partial charge in [-0.05, 0) is 76.7 Å². The molecule has 198 valence electrons. The van der Waals surface area contributed by atoms with Crippen LogP contribution in [-0.4, -0.2) is 55.7 Å². The van der Waals surface area contributed by atoms with Crippen molar-refractivity contribution in [3.63, 3.8) is 0 Å². The summed E-state index contributed by atoms with van der Waals surface area (Å²) in [4.78, 5) is 37.6. The highest BCUT2D eigenvalue weighted by Crippen LogP contribution is 2.57. The van der Waals surface area contributed by atoms with Gasteiger partial charge in [0.2, 0.25) is 5.91 Å². The molecule has 4 saturated carbocycles. The fourth-order valence-corrected chi connectivity index (χ4v) is 6.72. The van der Waals surface area contributed by atoms with Crippen LogP contribution in [0, 0.1) is 23.2 Å². The maximum Gasteiger partial charge on any atom is 0.405 e. The van der Waals surface area contributed by atoms with E-state index in [1.165, 1.54) is 6.20 Å². The summed E-state index contributed by atoms with van der Waals surface area (Å²) in [7, 11) is 0. The third kappa shape index (κ3) is 4.74. The Labute approximate surface area is 215 Å². The van der Waals surface area contributed by atoms with E-state index >= 15 is 0 Å². The Bertz CT molecular complexity index is 1200. The van der Waals surface area contributed by atoms with Gasteiger partial charge in [0, 0.05) is 31.2 Å². The minimum atomic E-state index is -0.769. The van der Waals surface area contributed by atoms with E-state index in [0.717, 1.165) is 32.1 Å². The van der Waals surface area contributed by atoms with E-state index in [1.807, 2.05) is 20.8 Å². The van der Waals surface area contributed by atoms with Crippen LogP contribution in [0.3, 0.4) is 0 Å². The number of nitrogens with one attached hydrogen (secondary N) is 2. The average Bonchev–Trinajstić information content (AvgIpc) is 3.48. The van der Waals surface area contributed by atoms with Crippen LogP contribution in [0.15, 0.2) is 30.7 Å². The normalized spacial score (nSPS) is 28.4. The number of nitrogens with zero attached hydrogens (tertiary/aromatic N) is 4. The molecule has 4 bridgehead atoms. The zero-order valence-electron chi connectivity index (χ0n) is 21.5. The lowest BCUT2D eigenvalue weighted by Crippen LogP contribution is -2.63. The second kappa shape index (κ2) is 9.35. The van der Waals surface area contributed by atoms with E-state index in [2.05, 4.69) is 20.8 Å². The molecule has 4 aliphatic rings. The summed E-state index contributed by atoms with van der Waals surface area (Å²) in [5, 5.41) is 14.9. The molecule has 0 spiro atoms. The highest BCUT2D eigenvalue weighted by Gasteiger charge is 2.57. The first-order valence-electron chi connectivity index (χ1n) is 13.0. The van der Waals surface area contributed by atoms with Gasteiger partial charge >= 0.3 is 6.09 Å². The van der Waals surface area contributed by atoms with Crippen molar-refractivity contribution in [3.05, 3.63) is 36.3 Å². The number of amides is 3. The third-order valence-corrected chi connectivity index (χ3v) is 8.12. The maximum absolute atomic E-state index is 13.6. The van der Waals surface area contributed by atoms with Gasteiger partial charge in [0.1, 0.15) is 11.2 Å². The van der Waals surface area contributed by atoms with Gasteiger partial charge in [-0.25, -0.2) is 14.2 Å². The summed E-state index contributed by atoms with van der Waals surface area (Å²) in [6.07, 6.45) is 12.0. The van der Waals surface area contributed by atoms with Crippen molar-refractivity contribution in [2.24, 2.45) is 28.9 Å². The molecule has 4 N–H and O–H groups in total. The summed E-state index contributed by atoms with van der Waals surface area (Å²) in [5.74, 6) is 1.12. The van der Waals surface area contributed by atoms with Crippen LogP contribution in [0.5, 0.6) is 0 Å². The van der Waals surface area contributed by atoms with Crippen LogP contribution in [0.1, 0.15) is 63.2 Å². The second-order valence-electron chi connectivity index (χ2n) is 11.2. The van der Waals surface area contributed by atoms with E-state index in [-0.39, 0.29) is 29.7 Å². The molecule has 2 aromatic rings. The number of carbonyl (C=O) groups excluding carboxylic acids is 3. The molecule has 2 aromatic heterocycles. The van der Waals surface area contributed by atoms with E-state index < -0.39 is 17.1 Å². The lowest BCUT2D eigenvalue weighted by Gasteiger charge is -2.58. The zero-order chi connectivity index (χ0) is 26.4. The van der Waals surface area contributed by atoms with Crippen molar-refractivity contribution >= 4 is 24.1 Å². The van der Waals surface area contributed by atoms with Gasteiger partial charge in [-0.2, -0.15) is 10.2 Å². The van der Waals surface area contributed by atoms with Crippen molar-refractivity contribution in [2.45, 2.75) is 64.5 Å². The molecule has 2 heterocycles. The predicted octanol–water partition coefficient (Wildman–Crippen LogP) is 2.47. The van der Waals surface area contributed by atoms with E-state index in [4.69, 9.17) is 10.5 Å². The summed E-state index contributed by atoms with van der Waals surface area (Å²) < 4.78 is 8.77. The summed E-state index contributed by atoms with van der Waals surface area (Å²) in [6, 6.07) is 1.77. The Kier molecular flexibility index (Phi) is 6.33. The zero-order valence-corrected chi connectivity index (χ0v) is 21.5. The van der Waals surface area contributed by atoms with Crippen molar-refractivity contribution in [1.29, 1.82) is 0 Å². The number of rotatable bonds is 8. The van der Waals surface area contributed by atoms with Gasteiger partial charge in [0.15, 0.2) is 5.82 Å². The molecular formula is C26H35N7O4. The van der Waals surface area contributed by atoms with E-state index in [9.17, 15) is 14.4 Å².